The van der Waals surface area contributed by atoms with Gasteiger partial charge in [-0.05, 0) is 24.7 Å². The maximum atomic E-state index is 5.50. The van der Waals surface area contributed by atoms with Gasteiger partial charge in [-0.15, -0.1) is 0 Å². The molecule has 0 radical (unpaired) electrons. The molecule has 0 unspecified atom stereocenters. The minimum Gasteiger partial charge on any atom is -0.493 e. The van der Waals surface area contributed by atoms with Crippen molar-refractivity contribution in [3.05, 3.63) is 23.8 Å². The van der Waals surface area contributed by atoms with Gasteiger partial charge < -0.3 is 20.1 Å². The number of hydrogen-bond donors (Lipinski definition) is 1. The summed E-state index contributed by atoms with van der Waals surface area (Å²) in [4.78, 5) is 2.17. The van der Waals surface area contributed by atoms with Gasteiger partial charge in [0.15, 0.2) is 11.5 Å². The predicted octanol–water partition coefficient (Wildman–Crippen LogP) is 1.09. The van der Waals surface area contributed by atoms with Crippen molar-refractivity contribution < 1.29 is 9.47 Å². The van der Waals surface area contributed by atoms with Gasteiger partial charge in [-0.3, -0.25) is 0 Å². The fraction of sp³-hybridized carbons (Fsp3) is 0.500. The lowest BCUT2D eigenvalue weighted by Gasteiger charge is -2.16. The number of hydrogen-bond acceptors (Lipinski definition) is 4. The van der Waals surface area contributed by atoms with Gasteiger partial charge in [0.05, 0.1) is 14.2 Å². The molecule has 1 rings (SSSR count). The highest BCUT2D eigenvalue weighted by Gasteiger charge is 2.05. The molecule has 0 saturated carbocycles. The molecule has 0 saturated heterocycles. The molecule has 0 atom stereocenters. The number of ether oxygens (including phenoxy) is 2. The summed E-state index contributed by atoms with van der Waals surface area (Å²) in [5.74, 6) is 1.52. The van der Waals surface area contributed by atoms with Crippen LogP contribution in [0.1, 0.15) is 5.56 Å². The molecule has 0 aliphatic heterocycles. The largest absolute Gasteiger partial charge is 0.493 e. The Bertz CT molecular complexity index is 329. The summed E-state index contributed by atoms with van der Waals surface area (Å²) in [5, 5.41) is 0. The molecule has 16 heavy (non-hydrogen) atoms. The minimum absolute atomic E-state index is 0.670. The average Bonchev–Trinajstić information content (AvgIpc) is 2.29. The average molecular weight is 224 g/mol. The third-order valence-electron chi connectivity index (χ3n) is 2.41. The molecule has 0 spiro atoms. The van der Waals surface area contributed by atoms with Crippen molar-refractivity contribution in [3.8, 4) is 11.5 Å². The van der Waals surface area contributed by atoms with Crippen LogP contribution in [-0.2, 0) is 6.54 Å². The second-order valence-electron chi connectivity index (χ2n) is 3.72. The highest BCUT2D eigenvalue weighted by molar-refractivity contribution is 5.42. The summed E-state index contributed by atoms with van der Waals surface area (Å²) < 4.78 is 10.4. The molecular weight excluding hydrogens is 204 g/mol. The van der Waals surface area contributed by atoms with Crippen LogP contribution in [0.3, 0.4) is 0 Å². The van der Waals surface area contributed by atoms with Crippen molar-refractivity contribution in [3.63, 3.8) is 0 Å². The Hall–Kier alpha value is -1.26. The molecular formula is C12H20N2O2. The molecule has 1 aromatic rings. The number of nitrogens with two attached hydrogens (primary N) is 1. The first-order valence-electron chi connectivity index (χ1n) is 5.30. The Labute approximate surface area is 96.9 Å². The number of methoxy groups -OCH3 is 2. The van der Waals surface area contributed by atoms with Gasteiger partial charge in [0.25, 0.3) is 0 Å². The molecule has 2 N–H and O–H groups in total. The zero-order chi connectivity index (χ0) is 12.0. The number of nitrogens with zero attached hydrogens (tertiary/aromatic N) is 1. The highest BCUT2D eigenvalue weighted by atomic mass is 16.5. The molecule has 90 valence electrons. The Kier molecular flexibility index (Phi) is 5.08. The maximum absolute atomic E-state index is 5.50. The van der Waals surface area contributed by atoms with E-state index in [-0.39, 0.29) is 0 Å². The van der Waals surface area contributed by atoms with Gasteiger partial charge in [-0.25, -0.2) is 0 Å². The fourth-order valence-corrected chi connectivity index (χ4v) is 1.59. The molecule has 0 fully saturated rings. The van der Waals surface area contributed by atoms with Gasteiger partial charge in [0.2, 0.25) is 0 Å². The van der Waals surface area contributed by atoms with Gasteiger partial charge in [-0.2, -0.15) is 0 Å². The predicted molar refractivity (Wildman–Crippen MR) is 64.9 cm³/mol. The zero-order valence-electron chi connectivity index (χ0n) is 10.2. The molecule has 0 bridgehead atoms. The van der Waals surface area contributed by atoms with Crippen LogP contribution in [0, 0.1) is 0 Å². The lowest BCUT2D eigenvalue weighted by molar-refractivity contribution is 0.331. The normalized spacial score (nSPS) is 10.6. The molecule has 0 aliphatic carbocycles. The summed E-state index contributed by atoms with van der Waals surface area (Å²) >= 11 is 0. The molecule has 1 aromatic carbocycles. The van der Waals surface area contributed by atoms with Gasteiger partial charge in [-0.1, -0.05) is 6.07 Å². The molecule has 4 heteroatoms. The smallest absolute Gasteiger partial charge is 0.161 e. The lowest BCUT2D eigenvalue weighted by Crippen LogP contribution is -2.24. The van der Waals surface area contributed by atoms with Crippen molar-refractivity contribution in [2.24, 2.45) is 5.73 Å². The molecule has 0 amide bonds. The van der Waals surface area contributed by atoms with E-state index >= 15 is 0 Å². The number of likely N-dealkylation sites (N-methyl/N-ethyl adjacent to an activating group) is 1. The van der Waals surface area contributed by atoms with Crippen molar-refractivity contribution in [1.29, 1.82) is 0 Å². The second-order valence-corrected chi connectivity index (χ2v) is 3.72. The Morgan fingerprint density at radius 1 is 1.19 bits per heavy atom. The maximum Gasteiger partial charge on any atom is 0.161 e. The standard InChI is InChI=1S/C12H20N2O2/c1-14(7-6-13)9-10-4-5-11(15-2)12(8-10)16-3/h4-5,8H,6-7,9,13H2,1-3H3. The van der Waals surface area contributed by atoms with Crippen LogP contribution < -0.4 is 15.2 Å². The Morgan fingerprint density at radius 3 is 2.44 bits per heavy atom. The fourth-order valence-electron chi connectivity index (χ4n) is 1.59. The third-order valence-corrected chi connectivity index (χ3v) is 2.41. The van der Waals surface area contributed by atoms with Crippen LogP contribution in [0.15, 0.2) is 18.2 Å². The summed E-state index contributed by atoms with van der Waals surface area (Å²) in [5.41, 5.74) is 6.69. The number of rotatable bonds is 6. The lowest BCUT2D eigenvalue weighted by atomic mass is 10.2. The molecule has 0 aromatic heterocycles. The first-order chi connectivity index (χ1) is 7.71. The minimum atomic E-state index is 0.670. The highest BCUT2D eigenvalue weighted by Crippen LogP contribution is 2.27. The van der Waals surface area contributed by atoms with E-state index in [0.717, 1.165) is 24.6 Å². The van der Waals surface area contributed by atoms with E-state index in [1.165, 1.54) is 5.56 Å². The molecule has 0 heterocycles. The van der Waals surface area contributed by atoms with E-state index in [0.29, 0.717) is 6.54 Å². The van der Waals surface area contributed by atoms with Crippen molar-refractivity contribution in [1.82, 2.24) is 4.90 Å². The van der Waals surface area contributed by atoms with E-state index in [4.69, 9.17) is 15.2 Å². The van der Waals surface area contributed by atoms with Crippen molar-refractivity contribution in [2.45, 2.75) is 6.54 Å². The van der Waals surface area contributed by atoms with Crippen LogP contribution in [0.4, 0.5) is 0 Å². The van der Waals surface area contributed by atoms with E-state index in [9.17, 15) is 0 Å². The zero-order valence-corrected chi connectivity index (χ0v) is 10.2. The van der Waals surface area contributed by atoms with Gasteiger partial charge in [0, 0.05) is 19.6 Å². The van der Waals surface area contributed by atoms with E-state index in [2.05, 4.69) is 4.90 Å². The van der Waals surface area contributed by atoms with E-state index < -0.39 is 0 Å². The van der Waals surface area contributed by atoms with Gasteiger partial charge >= 0.3 is 0 Å². The molecule has 4 nitrogen and oxygen atoms in total. The van der Waals surface area contributed by atoms with Crippen LogP contribution in [-0.4, -0.2) is 39.3 Å². The summed E-state index contributed by atoms with van der Waals surface area (Å²) in [6.45, 7) is 2.41. The summed E-state index contributed by atoms with van der Waals surface area (Å²) in [7, 11) is 5.33. The third kappa shape index (κ3) is 3.40. The first kappa shape index (κ1) is 12.8. The topological polar surface area (TPSA) is 47.7 Å². The van der Waals surface area contributed by atoms with E-state index in [1.54, 1.807) is 14.2 Å². The van der Waals surface area contributed by atoms with E-state index in [1.807, 2.05) is 25.2 Å². The van der Waals surface area contributed by atoms with Gasteiger partial charge in [0.1, 0.15) is 0 Å². The Balaban J connectivity index is 2.74. The second kappa shape index (κ2) is 6.35. The van der Waals surface area contributed by atoms with Crippen LogP contribution in [0.25, 0.3) is 0 Å². The van der Waals surface area contributed by atoms with Crippen LogP contribution in [0.5, 0.6) is 11.5 Å². The quantitative estimate of drug-likeness (QED) is 0.786. The number of benzene rings is 1. The monoisotopic (exact) mass is 224 g/mol. The van der Waals surface area contributed by atoms with Crippen molar-refractivity contribution >= 4 is 0 Å². The van der Waals surface area contributed by atoms with Crippen LogP contribution in [0.2, 0.25) is 0 Å². The first-order valence-corrected chi connectivity index (χ1v) is 5.30. The van der Waals surface area contributed by atoms with Crippen LogP contribution >= 0.6 is 0 Å². The summed E-state index contributed by atoms with van der Waals surface area (Å²) in [6, 6.07) is 5.95. The van der Waals surface area contributed by atoms with Crippen molar-refractivity contribution in [2.75, 3.05) is 34.4 Å². The Morgan fingerprint density at radius 2 is 1.88 bits per heavy atom. The molecule has 0 aliphatic rings. The summed E-state index contributed by atoms with van der Waals surface area (Å²) in [6.07, 6.45) is 0. The SMILES string of the molecule is COc1ccc(CN(C)CCN)cc1OC.